The number of H-pyrrole nitrogens is 1. The molecular weight excluding hydrogens is 342 g/mol. The minimum absolute atomic E-state index is 0.0184. The molecule has 1 amide bonds. The maximum Gasteiger partial charge on any atom is 0.246 e. The number of carbonyl (C=O) groups excluding carboxylic acids is 1. The summed E-state index contributed by atoms with van der Waals surface area (Å²) in [5.74, 6) is -0.0822. The highest BCUT2D eigenvalue weighted by Crippen LogP contribution is 2.23. The van der Waals surface area contributed by atoms with Crippen LogP contribution in [-0.2, 0) is 17.9 Å². The van der Waals surface area contributed by atoms with Crippen LogP contribution in [0, 0.1) is 0 Å². The highest BCUT2D eigenvalue weighted by Gasteiger charge is 2.10. The van der Waals surface area contributed by atoms with Gasteiger partial charge in [0.1, 0.15) is 5.69 Å². The summed E-state index contributed by atoms with van der Waals surface area (Å²) in [4.78, 5) is 15.9. The second-order valence-electron chi connectivity index (χ2n) is 5.30. The second-order valence-corrected chi connectivity index (χ2v) is 7.19. The Balaban J connectivity index is 1.60. The zero-order chi connectivity index (χ0) is 16.9. The number of carbonyl (C=O) groups is 1. The number of nitrogens with zero attached hydrogens (tertiary/aromatic N) is 2. The largest absolute Gasteiger partial charge is 0.392 e. The fraction of sp³-hybridized carbons (Fsp3) is 0.176. The lowest BCUT2D eigenvalue weighted by Crippen LogP contribution is -2.24. The van der Waals surface area contributed by atoms with Crippen LogP contribution >= 0.6 is 22.7 Å². The molecule has 0 aliphatic heterocycles. The Kier molecular flexibility index (Phi) is 5.24. The molecule has 7 heteroatoms. The van der Waals surface area contributed by atoms with E-state index in [4.69, 9.17) is 5.11 Å². The van der Waals surface area contributed by atoms with E-state index in [1.807, 2.05) is 35.0 Å². The van der Waals surface area contributed by atoms with E-state index in [0.717, 1.165) is 26.7 Å². The van der Waals surface area contributed by atoms with Crippen LogP contribution in [0.2, 0.25) is 0 Å². The van der Waals surface area contributed by atoms with Crippen molar-refractivity contribution in [1.82, 2.24) is 15.1 Å². The Morgan fingerprint density at radius 2 is 2.29 bits per heavy atom. The van der Waals surface area contributed by atoms with E-state index >= 15 is 0 Å². The molecule has 0 aliphatic rings. The van der Waals surface area contributed by atoms with Crippen molar-refractivity contribution in [2.75, 3.05) is 7.05 Å². The first-order valence-corrected chi connectivity index (χ1v) is 9.11. The molecule has 0 bridgehead atoms. The van der Waals surface area contributed by atoms with Crippen molar-refractivity contribution in [3.8, 4) is 10.6 Å². The van der Waals surface area contributed by atoms with E-state index in [0.29, 0.717) is 6.54 Å². The molecule has 0 aliphatic carbocycles. The number of hydrogen-bond acceptors (Lipinski definition) is 5. The first-order valence-electron chi connectivity index (χ1n) is 7.35. The zero-order valence-corrected chi connectivity index (χ0v) is 14.7. The van der Waals surface area contributed by atoms with Crippen molar-refractivity contribution >= 4 is 34.7 Å². The van der Waals surface area contributed by atoms with Crippen molar-refractivity contribution in [3.05, 3.63) is 57.2 Å². The third-order valence-electron chi connectivity index (χ3n) is 3.44. The molecule has 3 aromatic rings. The lowest BCUT2D eigenvalue weighted by atomic mass is 10.3. The van der Waals surface area contributed by atoms with Crippen molar-refractivity contribution in [3.63, 3.8) is 0 Å². The van der Waals surface area contributed by atoms with Crippen LogP contribution in [0.4, 0.5) is 0 Å². The number of amides is 1. The first kappa shape index (κ1) is 16.6. The minimum Gasteiger partial charge on any atom is -0.392 e. The number of likely N-dealkylation sites (N-methyl/N-ethyl adjacent to an activating group) is 1. The number of aliphatic hydroxyl groups excluding tert-OH is 1. The molecule has 0 fully saturated rings. The summed E-state index contributed by atoms with van der Waals surface area (Å²) in [6.45, 7) is 0.485. The lowest BCUT2D eigenvalue weighted by Gasteiger charge is -2.13. The average molecular weight is 359 g/mol. The van der Waals surface area contributed by atoms with Gasteiger partial charge in [0.25, 0.3) is 0 Å². The highest BCUT2D eigenvalue weighted by molar-refractivity contribution is 7.13. The van der Waals surface area contributed by atoms with E-state index in [2.05, 4.69) is 10.2 Å². The summed E-state index contributed by atoms with van der Waals surface area (Å²) in [6.07, 6.45) is 3.32. The molecule has 0 aromatic carbocycles. The Bertz CT molecular complexity index is 834. The molecule has 2 N–H and O–H groups in total. The van der Waals surface area contributed by atoms with Crippen LogP contribution in [0.5, 0.6) is 0 Å². The lowest BCUT2D eigenvalue weighted by molar-refractivity contribution is -0.125. The monoisotopic (exact) mass is 359 g/mol. The van der Waals surface area contributed by atoms with Gasteiger partial charge in [0.15, 0.2) is 0 Å². The second kappa shape index (κ2) is 7.57. The normalized spacial score (nSPS) is 11.2. The van der Waals surface area contributed by atoms with Crippen LogP contribution < -0.4 is 0 Å². The van der Waals surface area contributed by atoms with Gasteiger partial charge < -0.3 is 10.0 Å². The SMILES string of the molecule is CN(Cc1cc(-c2cccs2)n[nH]1)C(=O)/C=C/c1cc(CO)cs1. The molecule has 0 saturated heterocycles. The third kappa shape index (κ3) is 4.00. The summed E-state index contributed by atoms with van der Waals surface area (Å²) >= 11 is 3.13. The summed E-state index contributed by atoms with van der Waals surface area (Å²) in [7, 11) is 1.76. The molecule has 24 heavy (non-hydrogen) atoms. The molecule has 3 heterocycles. The first-order chi connectivity index (χ1) is 11.7. The quantitative estimate of drug-likeness (QED) is 0.663. The molecule has 3 aromatic heterocycles. The van der Waals surface area contributed by atoms with E-state index in [1.165, 1.54) is 11.3 Å². The van der Waals surface area contributed by atoms with Gasteiger partial charge in [0, 0.05) is 18.0 Å². The van der Waals surface area contributed by atoms with E-state index < -0.39 is 0 Å². The molecule has 0 saturated carbocycles. The summed E-state index contributed by atoms with van der Waals surface area (Å²) in [5.41, 5.74) is 2.65. The van der Waals surface area contributed by atoms with Gasteiger partial charge in [-0.15, -0.1) is 22.7 Å². The summed E-state index contributed by atoms with van der Waals surface area (Å²) < 4.78 is 0. The zero-order valence-electron chi connectivity index (χ0n) is 13.1. The van der Waals surface area contributed by atoms with E-state index in [9.17, 15) is 4.79 Å². The molecule has 124 valence electrons. The topological polar surface area (TPSA) is 69.2 Å². The van der Waals surface area contributed by atoms with Gasteiger partial charge in [-0.3, -0.25) is 9.89 Å². The number of aliphatic hydroxyl groups is 1. The van der Waals surface area contributed by atoms with Gasteiger partial charge in [0.2, 0.25) is 5.91 Å². The minimum atomic E-state index is -0.0822. The Hall–Kier alpha value is -2.22. The maximum atomic E-state index is 12.2. The molecule has 0 spiro atoms. The third-order valence-corrected chi connectivity index (χ3v) is 5.27. The predicted molar refractivity (Wildman–Crippen MR) is 97.7 cm³/mol. The van der Waals surface area contributed by atoms with E-state index in [1.54, 1.807) is 35.4 Å². The molecule has 5 nitrogen and oxygen atoms in total. The van der Waals surface area contributed by atoms with Gasteiger partial charge in [-0.05, 0) is 40.6 Å². The summed E-state index contributed by atoms with van der Waals surface area (Å²) in [5, 5.41) is 20.2. The fourth-order valence-corrected chi connectivity index (χ4v) is 3.65. The number of aromatic amines is 1. The molecule has 0 unspecified atom stereocenters. The predicted octanol–water partition coefficient (Wildman–Crippen LogP) is 3.36. The van der Waals surface area contributed by atoms with Gasteiger partial charge >= 0.3 is 0 Å². The molecule has 0 radical (unpaired) electrons. The Morgan fingerprint density at radius 1 is 1.42 bits per heavy atom. The Labute approximate surface area is 147 Å². The van der Waals surface area contributed by atoms with Crippen molar-refractivity contribution in [2.24, 2.45) is 0 Å². The van der Waals surface area contributed by atoms with Crippen molar-refractivity contribution in [1.29, 1.82) is 0 Å². The van der Waals surface area contributed by atoms with Crippen LogP contribution in [0.15, 0.2) is 41.1 Å². The van der Waals surface area contributed by atoms with E-state index in [-0.39, 0.29) is 12.5 Å². The average Bonchev–Trinajstić information content (AvgIpc) is 3.32. The number of hydrogen-bond donors (Lipinski definition) is 2. The van der Waals surface area contributed by atoms with Gasteiger partial charge in [-0.1, -0.05) is 6.07 Å². The number of nitrogens with one attached hydrogen (secondary N) is 1. The molecule has 3 rings (SSSR count). The number of thiophene rings is 2. The Morgan fingerprint density at radius 3 is 3.00 bits per heavy atom. The number of rotatable bonds is 6. The van der Waals surface area contributed by atoms with Crippen molar-refractivity contribution in [2.45, 2.75) is 13.2 Å². The van der Waals surface area contributed by atoms with Gasteiger partial charge in [-0.2, -0.15) is 5.10 Å². The van der Waals surface area contributed by atoms with Crippen LogP contribution in [-0.4, -0.2) is 33.2 Å². The summed E-state index contributed by atoms with van der Waals surface area (Å²) in [6, 6.07) is 7.84. The molecule has 0 atom stereocenters. The highest BCUT2D eigenvalue weighted by atomic mass is 32.1. The maximum absolute atomic E-state index is 12.2. The van der Waals surface area contributed by atoms with Crippen LogP contribution in [0.3, 0.4) is 0 Å². The smallest absolute Gasteiger partial charge is 0.246 e. The van der Waals surface area contributed by atoms with Gasteiger partial charge in [-0.25, -0.2) is 0 Å². The van der Waals surface area contributed by atoms with Crippen LogP contribution in [0.25, 0.3) is 16.6 Å². The van der Waals surface area contributed by atoms with Gasteiger partial charge in [0.05, 0.1) is 23.7 Å². The molecular formula is C17H17N3O2S2. The fourth-order valence-electron chi connectivity index (χ4n) is 2.17. The number of aromatic nitrogens is 2. The van der Waals surface area contributed by atoms with Crippen LogP contribution in [0.1, 0.15) is 16.1 Å². The van der Waals surface area contributed by atoms with Crippen molar-refractivity contribution < 1.29 is 9.90 Å². The standard InChI is InChI=1S/C17H17N3O2S2/c1-20(17(22)5-4-14-7-12(10-21)11-24-14)9-13-8-15(19-18-13)16-3-2-6-23-16/h2-8,11,21H,9-10H2,1H3,(H,18,19)/b5-4+.